The van der Waals surface area contributed by atoms with Gasteiger partial charge in [-0.1, -0.05) is 24.3 Å². The molecule has 3 aromatic carbocycles. The van der Waals surface area contributed by atoms with Gasteiger partial charge in [-0.2, -0.15) is 0 Å². The van der Waals surface area contributed by atoms with Gasteiger partial charge in [0.05, 0.1) is 22.5 Å². The maximum absolute atomic E-state index is 13.4. The largest absolute Gasteiger partial charge is 0.329 e. The maximum Gasteiger partial charge on any atom is 0.329 e. The number of carbonyl (C=O) groups is 1. The molecule has 1 aliphatic heterocycles. The third-order valence-corrected chi connectivity index (χ3v) is 7.14. The van der Waals surface area contributed by atoms with Gasteiger partial charge in [0.1, 0.15) is 5.82 Å². The quantitative estimate of drug-likeness (QED) is 0.180. The van der Waals surface area contributed by atoms with Crippen molar-refractivity contribution in [1.82, 2.24) is 14.0 Å². The Balaban J connectivity index is 0.00000336. The molecule has 1 saturated heterocycles. The van der Waals surface area contributed by atoms with Crippen molar-refractivity contribution < 1.29 is 14.1 Å². The maximum atomic E-state index is 13.4. The number of rotatable bonds is 8. The van der Waals surface area contributed by atoms with E-state index in [0.717, 1.165) is 42.5 Å². The fraction of sp³-hybridized carbons (Fsp3) is 0.286. The average Bonchev–Trinajstić information content (AvgIpc) is 3.18. The van der Waals surface area contributed by atoms with E-state index >= 15 is 0 Å². The number of piperidine rings is 1. The summed E-state index contributed by atoms with van der Waals surface area (Å²) in [5, 5.41) is 10.9. The number of nitro groups is 1. The van der Waals surface area contributed by atoms with Gasteiger partial charge in [-0.25, -0.2) is 9.18 Å². The van der Waals surface area contributed by atoms with E-state index in [1.807, 2.05) is 24.3 Å². The van der Waals surface area contributed by atoms with Gasteiger partial charge in [-0.05, 0) is 67.9 Å². The van der Waals surface area contributed by atoms with Crippen molar-refractivity contribution in [2.45, 2.75) is 25.9 Å². The number of para-hydroxylation sites is 2. The van der Waals surface area contributed by atoms with Crippen LogP contribution in [-0.4, -0.2) is 44.4 Å². The Morgan fingerprint density at radius 2 is 1.50 bits per heavy atom. The lowest BCUT2D eigenvalue weighted by atomic mass is 9.89. The summed E-state index contributed by atoms with van der Waals surface area (Å²) in [6.07, 6.45) is 1.46. The molecule has 2 heterocycles. The first-order valence-electron chi connectivity index (χ1n) is 12.3. The summed E-state index contributed by atoms with van der Waals surface area (Å²) in [7, 11) is 0. The van der Waals surface area contributed by atoms with Gasteiger partial charge in [-0.3, -0.25) is 24.0 Å². The summed E-state index contributed by atoms with van der Waals surface area (Å²) < 4.78 is 16.7. The molecule has 0 N–H and O–H groups in total. The van der Waals surface area contributed by atoms with Crippen molar-refractivity contribution in [3.63, 3.8) is 0 Å². The van der Waals surface area contributed by atoms with Crippen LogP contribution in [0.15, 0.2) is 77.6 Å². The zero-order valence-corrected chi connectivity index (χ0v) is 21.5. The highest BCUT2D eigenvalue weighted by Crippen LogP contribution is 2.23. The van der Waals surface area contributed by atoms with Crippen molar-refractivity contribution in [3.05, 3.63) is 110 Å². The summed E-state index contributed by atoms with van der Waals surface area (Å²) in [6, 6.07) is 19.6. The molecule has 0 radical (unpaired) electrons. The summed E-state index contributed by atoms with van der Waals surface area (Å²) in [6.45, 7) is 3.04. The van der Waals surface area contributed by atoms with Crippen LogP contribution < -0.4 is 5.69 Å². The minimum absolute atomic E-state index is 0. The molecule has 0 saturated carbocycles. The number of benzene rings is 3. The van der Waals surface area contributed by atoms with E-state index in [9.17, 15) is 24.1 Å². The number of likely N-dealkylation sites (tertiary alicyclic amines) is 1. The van der Waals surface area contributed by atoms with E-state index in [0.29, 0.717) is 25.2 Å². The van der Waals surface area contributed by atoms with Crippen LogP contribution in [0.2, 0.25) is 0 Å². The first kappa shape index (κ1) is 27.2. The zero-order valence-electron chi connectivity index (χ0n) is 20.7. The number of fused-ring (bicyclic) bond motifs is 1. The van der Waals surface area contributed by atoms with Gasteiger partial charge in [-0.15, -0.1) is 12.4 Å². The van der Waals surface area contributed by atoms with Crippen LogP contribution in [0.5, 0.6) is 0 Å². The van der Waals surface area contributed by atoms with E-state index in [2.05, 4.69) is 4.90 Å². The van der Waals surface area contributed by atoms with Crippen LogP contribution in [0.3, 0.4) is 0 Å². The molecule has 0 amide bonds. The summed E-state index contributed by atoms with van der Waals surface area (Å²) >= 11 is 0. The molecule has 1 aromatic heterocycles. The van der Waals surface area contributed by atoms with E-state index in [1.54, 1.807) is 33.4 Å². The van der Waals surface area contributed by atoms with E-state index in [1.165, 1.54) is 24.3 Å². The summed E-state index contributed by atoms with van der Waals surface area (Å²) in [5.74, 6) is -0.367. The monoisotopic (exact) mass is 538 g/mol. The Morgan fingerprint density at radius 1 is 0.895 bits per heavy atom. The van der Waals surface area contributed by atoms with Crippen LogP contribution in [0, 0.1) is 21.8 Å². The number of hydrogen-bond donors (Lipinski definition) is 0. The first-order valence-corrected chi connectivity index (χ1v) is 12.3. The number of nitrogens with zero attached hydrogens (tertiary/aromatic N) is 4. The van der Waals surface area contributed by atoms with Crippen LogP contribution in [0.4, 0.5) is 10.1 Å². The molecule has 0 unspecified atom stereocenters. The molecule has 0 bridgehead atoms. The second kappa shape index (κ2) is 11.7. The molecule has 0 aliphatic carbocycles. The fourth-order valence-electron chi connectivity index (χ4n) is 5.06. The Hall–Kier alpha value is -3.82. The Labute approximate surface area is 224 Å². The normalized spacial score (nSPS) is 14.3. The van der Waals surface area contributed by atoms with Gasteiger partial charge in [0.2, 0.25) is 0 Å². The second-order valence-electron chi connectivity index (χ2n) is 9.42. The number of carbonyl (C=O) groups excluding carboxylic acids is 1. The Morgan fingerprint density at radius 3 is 2.11 bits per heavy atom. The molecule has 10 heteroatoms. The molecule has 1 fully saturated rings. The number of hydrogen-bond acceptors (Lipinski definition) is 5. The summed E-state index contributed by atoms with van der Waals surface area (Å²) in [4.78, 5) is 38.9. The van der Waals surface area contributed by atoms with Crippen LogP contribution >= 0.6 is 12.4 Å². The molecule has 1 aliphatic rings. The zero-order chi connectivity index (χ0) is 25.9. The van der Waals surface area contributed by atoms with Crippen LogP contribution in [0.1, 0.15) is 28.8 Å². The number of Topliss-reactive ketones (excluding diaryl/α,β-unsaturated/α-hetero) is 1. The van der Waals surface area contributed by atoms with Crippen molar-refractivity contribution >= 4 is 34.9 Å². The smallest absolute Gasteiger partial charge is 0.302 e. The minimum atomic E-state index is -0.441. The molecule has 38 heavy (non-hydrogen) atoms. The van der Waals surface area contributed by atoms with Gasteiger partial charge in [0, 0.05) is 36.7 Å². The van der Waals surface area contributed by atoms with Gasteiger partial charge in [0.25, 0.3) is 5.69 Å². The van der Waals surface area contributed by atoms with Crippen molar-refractivity contribution in [2.24, 2.45) is 5.92 Å². The highest BCUT2D eigenvalue weighted by molar-refractivity contribution is 5.97. The number of halogens is 2. The van der Waals surface area contributed by atoms with E-state index in [-0.39, 0.29) is 41.3 Å². The SMILES string of the molecule is Cl.O=C(c1ccc(F)cc1)C1CCN(CCn2c(=O)n(Cc3ccc([N+](=O)[O-])cc3)c3ccccc32)CC1. The van der Waals surface area contributed by atoms with Crippen LogP contribution in [0.25, 0.3) is 11.0 Å². The van der Waals surface area contributed by atoms with Crippen LogP contribution in [-0.2, 0) is 13.1 Å². The lowest BCUT2D eigenvalue weighted by Gasteiger charge is -2.31. The molecular formula is C28H28ClFN4O4. The summed E-state index contributed by atoms with van der Waals surface area (Å²) in [5.41, 5.74) is 2.91. The average molecular weight is 539 g/mol. The van der Waals surface area contributed by atoms with E-state index in [4.69, 9.17) is 0 Å². The highest BCUT2D eigenvalue weighted by Gasteiger charge is 2.26. The van der Waals surface area contributed by atoms with Gasteiger partial charge < -0.3 is 4.90 Å². The van der Waals surface area contributed by atoms with E-state index < -0.39 is 4.92 Å². The van der Waals surface area contributed by atoms with Crippen molar-refractivity contribution in [1.29, 1.82) is 0 Å². The molecule has 8 nitrogen and oxygen atoms in total. The third kappa shape index (κ3) is 5.69. The van der Waals surface area contributed by atoms with Gasteiger partial charge >= 0.3 is 5.69 Å². The topological polar surface area (TPSA) is 90.4 Å². The minimum Gasteiger partial charge on any atom is -0.302 e. The first-order chi connectivity index (χ1) is 17.9. The Kier molecular flexibility index (Phi) is 8.38. The molecular weight excluding hydrogens is 511 g/mol. The number of aromatic nitrogens is 2. The number of non-ortho nitro benzene ring substituents is 1. The predicted octanol–water partition coefficient (Wildman–Crippen LogP) is 4.92. The fourth-order valence-corrected chi connectivity index (χ4v) is 5.06. The second-order valence-corrected chi connectivity index (χ2v) is 9.42. The third-order valence-electron chi connectivity index (χ3n) is 7.14. The number of imidazole rings is 1. The van der Waals surface area contributed by atoms with Crippen molar-refractivity contribution in [2.75, 3.05) is 19.6 Å². The number of nitro benzene ring substituents is 1. The lowest BCUT2D eigenvalue weighted by molar-refractivity contribution is -0.384. The van der Waals surface area contributed by atoms with Gasteiger partial charge in [0.15, 0.2) is 5.78 Å². The molecule has 0 spiro atoms. The predicted molar refractivity (Wildman–Crippen MR) is 146 cm³/mol. The molecule has 0 atom stereocenters. The standard InChI is InChI=1S/C28H27FN4O4.ClH/c29-23-9-7-21(8-10-23)27(34)22-13-15-30(16-14-22)17-18-31-25-3-1-2-4-26(25)32(28(31)35)19-20-5-11-24(12-6-20)33(36)37;/h1-12,22H,13-19H2;1H. The molecule has 198 valence electrons. The molecule has 4 aromatic rings. The molecule has 5 rings (SSSR count). The Bertz CT molecular complexity index is 1490. The van der Waals surface area contributed by atoms with Crippen molar-refractivity contribution in [3.8, 4) is 0 Å². The highest BCUT2D eigenvalue weighted by atomic mass is 35.5. The number of ketones is 1. The lowest BCUT2D eigenvalue weighted by Crippen LogP contribution is -2.39.